The van der Waals surface area contributed by atoms with E-state index in [0.29, 0.717) is 6.04 Å². The van der Waals surface area contributed by atoms with Gasteiger partial charge < -0.3 is 19.7 Å². The van der Waals surface area contributed by atoms with Gasteiger partial charge in [-0.15, -0.1) is 24.0 Å². The molecule has 1 aromatic rings. The van der Waals surface area contributed by atoms with E-state index in [4.69, 9.17) is 14.5 Å². The van der Waals surface area contributed by atoms with Crippen LogP contribution in [0.5, 0.6) is 5.75 Å². The van der Waals surface area contributed by atoms with Gasteiger partial charge in [-0.05, 0) is 37.5 Å². The Morgan fingerprint density at radius 1 is 1.30 bits per heavy atom. The van der Waals surface area contributed by atoms with E-state index in [1.165, 1.54) is 12.0 Å². The van der Waals surface area contributed by atoms with Crippen molar-refractivity contribution in [2.75, 3.05) is 59.6 Å². The van der Waals surface area contributed by atoms with Gasteiger partial charge in [0.25, 0.3) is 0 Å². The Kier molecular flexibility index (Phi) is 9.64. The minimum absolute atomic E-state index is 0. The van der Waals surface area contributed by atoms with E-state index in [2.05, 4.69) is 34.2 Å². The Morgan fingerprint density at radius 2 is 2.11 bits per heavy atom. The predicted octanol–water partition coefficient (Wildman–Crippen LogP) is 2.23. The van der Waals surface area contributed by atoms with Crippen LogP contribution in [0.15, 0.2) is 29.3 Å². The molecule has 2 fully saturated rings. The molecule has 1 unspecified atom stereocenters. The van der Waals surface area contributed by atoms with E-state index in [-0.39, 0.29) is 24.0 Å². The van der Waals surface area contributed by atoms with Crippen LogP contribution in [0.4, 0.5) is 0 Å². The van der Waals surface area contributed by atoms with Crippen LogP contribution >= 0.6 is 24.0 Å². The summed E-state index contributed by atoms with van der Waals surface area (Å²) in [5, 5.41) is 3.46. The minimum Gasteiger partial charge on any atom is -0.497 e. The van der Waals surface area contributed by atoms with Crippen LogP contribution in [0.2, 0.25) is 0 Å². The Hall–Kier alpha value is -1.06. The normalized spacial score (nSPS) is 21.0. The number of guanidine groups is 1. The molecule has 0 aliphatic carbocycles. The highest BCUT2D eigenvalue weighted by Crippen LogP contribution is 2.17. The number of morpholine rings is 1. The van der Waals surface area contributed by atoms with Crippen LogP contribution in [-0.2, 0) is 11.2 Å². The number of ether oxygens (including phenoxy) is 2. The lowest BCUT2D eigenvalue weighted by molar-refractivity contribution is 0.0195. The van der Waals surface area contributed by atoms with E-state index in [1.807, 2.05) is 12.1 Å². The number of halogens is 1. The lowest BCUT2D eigenvalue weighted by Crippen LogP contribution is -2.46. The van der Waals surface area contributed by atoms with Gasteiger partial charge in [0.15, 0.2) is 5.96 Å². The van der Waals surface area contributed by atoms with Crippen molar-refractivity contribution in [1.29, 1.82) is 0 Å². The van der Waals surface area contributed by atoms with Crippen LogP contribution in [0, 0.1) is 0 Å². The monoisotopic (exact) mass is 488 g/mol. The molecule has 1 aromatic carbocycles. The molecule has 7 heteroatoms. The standard InChI is InChI=1S/C20H32N4O2.HI/c1-3-21-20(22-9-7-17-5-4-6-19(15-17)25-2)24-10-8-18(16-24)23-11-13-26-14-12-23;/h4-6,15,18H,3,7-14,16H2,1-2H3,(H,21,22);1H. The number of methoxy groups -OCH3 is 1. The molecule has 3 rings (SSSR count). The fourth-order valence-electron chi connectivity index (χ4n) is 3.72. The fourth-order valence-corrected chi connectivity index (χ4v) is 3.72. The molecule has 152 valence electrons. The van der Waals surface area contributed by atoms with Crippen molar-refractivity contribution < 1.29 is 9.47 Å². The van der Waals surface area contributed by atoms with Crippen molar-refractivity contribution in [3.8, 4) is 5.75 Å². The molecular formula is C20H33IN4O2. The number of rotatable bonds is 6. The Bertz CT molecular complexity index is 593. The Morgan fingerprint density at radius 3 is 2.85 bits per heavy atom. The van der Waals surface area contributed by atoms with Gasteiger partial charge in [0.2, 0.25) is 0 Å². The number of hydrogen-bond donors (Lipinski definition) is 1. The second kappa shape index (κ2) is 11.7. The molecule has 1 atom stereocenters. The number of nitrogens with zero attached hydrogens (tertiary/aromatic N) is 3. The quantitative estimate of drug-likeness (QED) is 0.378. The number of benzene rings is 1. The largest absolute Gasteiger partial charge is 0.497 e. The Labute approximate surface area is 180 Å². The first kappa shape index (κ1) is 22.2. The van der Waals surface area contributed by atoms with Crippen molar-refractivity contribution in [3.63, 3.8) is 0 Å². The number of likely N-dealkylation sites (tertiary alicyclic amines) is 1. The second-order valence-corrected chi connectivity index (χ2v) is 6.87. The third-order valence-electron chi connectivity index (χ3n) is 5.16. The van der Waals surface area contributed by atoms with Crippen molar-refractivity contribution in [2.45, 2.75) is 25.8 Å². The van der Waals surface area contributed by atoms with Crippen LogP contribution in [-0.4, -0.2) is 81.4 Å². The maximum absolute atomic E-state index is 5.48. The van der Waals surface area contributed by atoms with Crippen LogP contribution in [0.25, 0.3) is 0 Å². The maximum atomic E-state index is 5.48. The molecule has 1 N–H and O–H groups in total. The summed E-state index contributed by atoms with van der Waals surface area (Å²) < 4.78 is 10.8. The van der Waals surface area contributed by atoms with E-state index in [0.717, 1.165) is 70.6 Å². The van der Waals surface area contributed by atoms with Gasteiger partial charge >= 0.3 is 0 Å². The molecule has 6 nitrogen and oxygen atoms in total. The zero-order chi connectivity index (χ0) is 18.2. The molecule has 0 spiro atoms. The average Bonchev–Trinajstić information content (AvgIpc) is 3.18. The van der Waals surface area contributed by atoms with E-state index < -0.39 is 0 Å². The lowest BCUT2D eigenvalue weighted by atomic mass is 10.1. The first-order valence-corrected chi connectivity index (χ1v) is 9.78. The molecule has 27 heavy (non-hydrogen) atoms. The van der Waals surface area contributed by atoms with Gasteiger partial charge in [-0.2, -0.15) is 0 Å². The average molecular weight is 488 g/mol. The van der Waals surface area contributed by atoms with Gasteiger partial charge in [0.1, 0.15) is 5.75 Å². The highest BCUT2D eigenvalue weighted by atomic mass is 127. The summed E-state index contributed by atoms with van der Waals surface area (Å²) in [5.74, 6) is 1.96. The summed E-state index contributed by atoms with van der Waals surface area (Å²) in [4.78, 5) is 9.86. The lowest BCUT2D eigenvalue weighted by Gasteiger charge is -2.32. The molecule has 2 aliphatic heterocycles. The first-order chi connectivity index (χ1) is 12.8. The highest BCUT2D eigenvalue weighted by molar-refractivity contribution is 14.0. The highest BCUT2D eigenvalue weighted by Gasteiger charge is 2.30. The number of nitrogens with one attached hydrogen (secondary N) is 1. The van der Waals surface area contributed by atoms with Crippen molar-refractivity contribution in [3.05, 3.63) is 29.8 Å². The Balaban J connectivity index is 0.00000261. The second-order valence-electron chi connectivity index (χ2n) is 6.87. The summed E-state index contributed by atoms with van der Waals surface area (Å²) in [6.07, 6.45) is 2.13. The van der Waals surface area contributed by atoms with Crippen molar-refractivity contribution >= 4 is 29.9 Å². The summed E-state index contributed by atoms with van der Waals surface area (Å²) in [6.45, 7) is 9.80. The van der Waals surface area contributed by atoms with Gasteiger partial charge in [0.05, 0.1) is 20.3 Å². The SMILES string of the molecule is CCNC(=NCCc1cccc(OC)c1)N1CCC(N2CCOCC2)C1.I. The van der Waals surface area contributed by atoms with E-state index in [1.54, 1.807) is 7.11 Å². The van der Waals surface area contributed by atoms with Crippen molar-refractivity contribution in [1.82, 2.24) is 15.1 Å². The zero-order valence-electron chi connectivity index (χ0n) is 16.5. The molecule has 0 saturated carbocycles. The molecule has 0 amide bonds. The van der Waals surface area contributed by atoms with Gasteiger partial charge in [-0.3, -0.25) is 9.89 Å². The molecule has 2 aliphatic rings. The van der Waals surface area contributed by atoms with Crippen LogP contribution < -0.4 is 10.1 Å². The van der Waals surface area contributed by atoms with Gasteiger partial charge in [-0.25, -0.2) is 0 Å². The topological polar surface area (TPSA) is 49.3 Å². The zero-order valence-corrected chi connectivity index (χ0v) is 18.9. The summed E-state index contributed by atoms with van der Waals surface area (Å²) in [7, 11) is 1.71. The minimum atomic E-state index is 0. The van der Waals surface area contributed by atoms with Gasteiger partial charge in [-0.1, -0.05) is 12.1 Å². The molecule has 0 bridgehead atoms. The number of aliphatic imine (C=N–C) groups is 1. The third kappa shape index (κ3) is 6.50. The molecular weight excluding hydrogens is 455 g/mol. The summed E-state index contributed by atoms with van der Waals surface area (Å²) >= 11 is 0. The molecule has 0 radical (unpaired) electrons. The van der Waals surface area contributed by atoms with E-state index >= 15 is 0 Å². The third-order valence-corrected chi connectivity index (χ3v) is 5.16. The number of hydrogen-bond acceptors (Lipinski definition) is 4. The van der Waals surface area contributed by atoms with Crippen molar-refractivity contribution in [2.24, 2.45) is 4.99 Å². The summed E-state index contributed by atoms with van der Waals surface area (Å²) in [5.41, 5.74) is 1.26. The van der Waals surface area contributed by atoms with Crippen LogP contribution in [0.1, 0.15) is 18.9 Å². The molecule has 0 aromatic heterocycles. The van der Waals surface area contributed by atoms with Gasteiger partial charge in [0, 0.05) is 45.3 Å². The predicted molar refractivity (Wildman–Crippen MR) is 120 cm³/mol. The smallest absolute Gasteiger partial charge is 0.193 e. The summed E-state index contributed by atoms with van der Waals surface area (Å²) in [6, 6.07) is 8.87. The first-order valence-electron chi connectivity index (χ1n) is 9.78. The maximum Gasteiger partial charge on any atom is 0.193 e. The molecule has 2 saturated heterocycles. The molecule has 2 heterocycles. The van der Waals surface area contributed by atoms with Crippen LogP contribution in [0.3, 0.4) is 0 Å². The van der Waals surface area contributed by atoms with E-state index in [9.17, 15) is 0 Å². The fraction of sp³-hybridized carbons (Fsp3) is 0.650.